The Morgan fingerprint density at radius 1 is 1.26 bits per heavy atom. The Hall–Kier alpha value is -1.99. The lowest BCUT2D eigenvalue weighted by atomic mass is 10.0. The Morgan fingerprint density at radius 3 is 2.52 bits per heavy atom. The van der Waals surface area contributed by atoms with Gasteiger partial charge in [-0.25, -0.2) is 0 Å². The number of carbonyl (C=O) groups is 2. The lowest BCUT2D eigenvalue weighted by molar-refractivity contribution is -0.118. The van der Waals surface area contributed by atoms with Crippen LogP contribution in [-0.2, 0) is 4.79 Å². The van der Waals surface area contributed by atoms with Crippen molar-refractivity contribution in [2.24, 2.45) is 5.92 Å². The second-order valence-corrected chi connectivity index (χ2v) is 6.67. The van der Waals surface area contributed by atoms with Gasteiger partial charge in [-0.15, -0.1) is 10.2 Å². The molecule has 1 aromatic heterocycles. The molecule has 1 heterocycles. The van der Waals surface area contributed by atoms with E-state index in [0.29, 0.717) is 22.1 Å². The molecule has 2 amide bonds. The van der Waals surface area contributed by atoms with Gasteiger partial charge in [0.15, 0.2) is 0 Å². The van der Waals surface area contributed by atoms with Crippen LogP contribution in [0.1, 0.15) is 30.6 Å². The Bertz CT molecular complexity index is 659. The van der Waals surface area contributed by atoms with Gasteiger partial charge in [0.05, 0.1) is 0 Å². The molecule has 2 N–H and O–H groups in total. The summed E-state index contributed by atoms with van der Waals surface area (Å²) in [4.78, 5) is 24.7. The van der Waals surface area contributed by atoms with Crippen LogP contribution >= 0.6 is 22.9 Å². The zero-order valence-electron chi connectivity index (χ0n) is 12.7. The molecule has 0 saturated heterocycles. The molecule has 0 fully saturated rings. The van der Waals surface area contributed by atoms with Gasteiger partial charge < -0.3 is 5.32 Å². The fourth-order valence-corrected chi connectivity index (χ4v) is 2.54. The first kappa shape index (κ1) is 17.4. The second kappa shape index (κ2) is 8.03. The molecule has 0 saturated carbocycles. The number of amides is 2. The van der Waals surface area contributed by atoms with E-state index in [1.165, 1.54) is 16.8 Å². The van der Waals surface area contributed by atoms with Crippen molar-refractivity contribution in [3.05, 3.63) is 40.4 Å². The summed E-state index contributed by atoms with van der Waals surface area (Å²) in [5, 5.41) is 13.8. The van der Waals surface area contributed by atoms with Gasteiger partial charge in [0.1, 0.15) is 11.6 Å². The third kappa shape index (κ3) is 5.30. The second-order valence-electron chi connectivity index (χ2n) is 5.40. The standard InChI is InChI=1S/C15H17ClN4O2S/c1-9(2)7-12(14(22)19-15-20-17-8-23-15)18-13(21)10-3-5-11(16)6-4-10/h3-6,8-9,12H,7H2,1-2H3,(H,18,21)(H,19,20,22). The molecule has 0 bridgehead atoms. The number of anilines is 1. The van der Waals surface area contributed by atoms with Crippen molar-refractivity contribution in [1.82, 2.24) is 15.5 Å². The average molecular weight is 353 g/mol. The molecular formula is C15H17ClN4O2S. The predicted molar refractivity (Wildman–Crippen MR) is 90.7 cm³/mol. The van der Waals surface area contributed by atoms with Gasteiger partial charge in [0.25, 0.3) is 5.91 Å². The zero-order valence-corrected chi connectivity index (χ0v) is 14.3. The highest BCUT2D eigenvalue weighted by Gasteiger charge is 2.23. The van der Waals surface area contributed by atoms with E-state index < -0.39 is 6.04 Å². The topological polar surface area (TPSA) is 84.0 Å². The fourth-order valence-electron chi connectivity index (χ4n) is 1.97. The highest BCUT2D eigenvalue weighted by Crippen LogP contribution is 2.13. The van der Waals surface area contributed by atoms with Crippen molar-refractivity contribution in [2.45, 2.75) is 26.3 Å². The molecule has 1 unspecified atom stereocenters. The molecule has 8 heteroatoms. The summed E-state index contributed by atoms with van der Waals surface area (Å²) in [5.74, 6) is -0.386. The van der Waals surface area contributed by atoms with E-state index in [0.717, 1.165) is 0 Å². The van der Waals surface area contributed by atoms with Gasteiger partial charge in [-0.05, 0) is 36.6 Å². The van der Waals surface area contributed by atoms with Crippen LogP contribution in [0.15, 0.2) is 29.8 Å². The van der Waals surface area contributed by atoms with Crippen LogP contribution in [0.25, 0.3) is 0 Å². The molecule has 0 aliphatic carbocycles. The van der Waals surface area contributed by atoms with Crippen molar-refractivity contribution < 1.29 is 9.59 Å². The maximum Gasteiger partial charge on any atom is 0.251 e. The summed E-state index contributed by atoms with van der Waals surface area (Å²) in [6, 6.07) is 5.85. The normalized spacial score (nSPS) is 12.0. The molecule has 2 rings (SSSR count). The fraction of sp³-hybridized carbons (Fsp3) is 0.333. The van der Waals surface area contributed by atoms with Gasteiger partial charge in [-0.3, -0.25) is 14.9 Å². The Balaban J connectivity index is 2.06. The summed E-state index contributed by atoms with van der Waals surface area (Å²) in [6.07, 6.45) is 0.518. The van der Waals surface area contributed by atoms with Crippen LogP contribution < -0.4 is 10.6 Å². The maximum absolute atomic E-state index is 12.4. The van der Waals surface area contributed by atoms with Gasteiger partial charge >= 0.3 is 0 Å². The van der Waals surface area contributed by atoms with Gasteiger partial charge in [-0.1, -0.05) is 36.8 Å². The number of rotatable bonds is 6. The first-order valence-electron chi connectivity index (χ1n) is 7.09. The smallest absolute Gasteiger partial charge is 0.251 e. The SMILES string of the molecule is CC(C)CC(NC(=O)c1ccc(Cl)cc1)C(=O)Nc1nncs1. The highest BCUT2D eigenvalue weighted by atomic mass is 35.5. The summed E-state index contributed by atoms with van der Waals surface area (Å²) in [5.41, 5.74) is 1.98. The third-order valence-electron chi connectivity index (χ3n) is 3.03. The molecule has 0 aliphatic rings. The van der Waals surface area contributed by atoms with Gasteiger partial charge in [0.2, 0.25) is 11.0 Å². The van der Waals surface area contributed by atoms with Crippen LogP contribution in [0.3, 0.4) is 0 Å². The third-order valence-corrected chi connectivity index (χ3v) is 3.88. The summed E-state index contributed by atoms with van der Waals surface area (Å²) in [7, 11) is 0. The van der Waals surface area contributed by atoms with Gasteiger partial charge in [0, 0.05) is 10.6 Å². The molecule has 0 spiro atoms. The van der Waals surface area contributed by atoms with E-state index in [4.69, 9.17) is 11.6 Å². The van der Waals surface area contributed by atoms with Crippen LogP contribution in [0, 0.1) is 5.92 Å². The van der Waals surface area contributed by atoms with Crippen molar-refractivity contribution in [2.75, 3.05) is 5.32 Å². The average Bonchev–Trinajstić information content (AvgIpc) is 2.99. The lowest BCUT2D eigenvalue weighted by Crippen LogP contribution is -2.44. The predicted octanol–water partition coefficient (Wildman–Crippen LogP) is 2.97. The molecule has 0 aliphatic heterocycles. The molecule has 122 valence electrons. The van der Waals surface area contributed by atoms with Gasteiger partial charge in [-0.2, -0.15) is 0 Å². The van der Waals surface area contributed by atoms with E-state index in [1.807, 2.05) is 13.8 Å². The zero-order chi connectivity index (χ0) is 16.8. The van der Waals surface area contributed by atoms with Crippen molar-refractivity contribution >= 4 is 39.9 Å². The minimum absolute atomic E-state index is 0.241. The molecule has 23 heavy (non-hydrogen) atoms. The maximum atomic E-state index is 12.4. The van der Waals surface area contributed by atoms with Crippen LogP contribution in [0.2, 0.25) is 5.02 Å². The number of aromatic nitrogens is 2. The number of benzene rings is 1. The minimum atomic E-state index is -0.651. The van der Waals surface area contributed by atoms with E-state index in [9.17, 15) is 9.59 Å². The molecule has 1 aromatic carbocycles. The lowest BCUT2D eigenvalue weighted by Gasteiger charge is -2.19. The van der Waals surface area contributed by atoms with E-state index in [1.54, 1.807) is 24.3 Å². The first-order chi connectivity index (χ1) is 11.0. The molecular weight excluding hydrogens is 336 g/mol. The number of hydrogen-bond donors (Lipinski definition) is 2. The number of hydrogen-bond acceptors (Lipinski definition) is 5. The van der Waals surface area contributed by atoms with Crippen LogP contribution in [0.5, 0.6) is 0 Å². The van der Waals surface area contributed by atoms with E-state index in [-0.39, 0.29) is 17.7 Å². The van der Waals surface area contributed by atoms with E-state index >= 15 is 0 Å². The van der Waals surface area contributed by atoms with Crippen LogP contribution in [0.4, 0.5) is 5.13 Å². The molecule has 1 atom stereocenters. The Morgan fingerprint density at radius 2 is 1.96 bits per heavy atom. The van der Waals surface area contributed by atoms with E-state index in [2.05, 4.69) is 20.8 Å². The highest BCUT2D eigenvalue weighted by molar-refractivity contribution is 7.13. The molecule has 6 nitrogen and oxygen atoms in total. The van der Waals surface area contributed by atoms with Crippen molar-refractivity contribution in [3.8, 4) is 0 Å². The Labute approximate surface area is 143 Å². The summed E-state index contributed by atoms with van der Waals surface area (Å²) >= 11 is 7.04. The first-order valence-corrected chi connectivity index (χ1v) is 8.35. The molecule has 0 radical (unpaired) electrons. The number of carbonyl (C=O) groups excluding carboxylic acids is 2. The largest absolute Gasteiger partial charge is 0.340 e. The van der Waals surface area contributed by atoms with Crippen molar-refractivity contribution in [1.29, 1.82) is 0 Å². The Kier molecular flexibility index (Phi) is 6.06. The molecule has 2 aromatic rings. The van der Waals surface area contributed by atoms with Crippen LogP contribution in [-0.4, -0.2) is 28.1 Å². The quantitative estimate of drug-likeness (QED) is 0.837. The number of nitrogens with one attached hydrogen (secondary N) is 2. The van der Waals surface area contributed by atoms with Crippen molar-refractivity contribution in [3.63, 3.8) is 0 Å². The monoisotopic (exact) mass is 352 g/mol. The number of halogens is 1. The summed E-state index contributed by atoms with van der Waals surface area (Å²) < 4.78 is 0. The number of nitrogens with zero attached hydrogens (tertiary/aromatic N) is 2. The minimum Gasteiger partial charge on any atom is -0.340 e. The summed E-state index contributed by atoms with van der Waals surface area (Å²) in [6.45, 7) is 3.97.